The maximum Gasteiger partial charge on any atom is 0.256 e. The topological polar surface area (TPSA) is 64.3 Å². The summed E-state index contributed by atoms with van der Waals surface area (Å²) in [6.07, 6.45) is 0. The Morgan fingerprint density at radius 2 is 1.95 bits per heavy atom. The highest BCUT2D eigenvalue weighted by atomic mass is 16.5. The number of nitrogens with two attached hydrogens (primary N) is 1. The zero-order valence-electron chi connectivity index (χ0n) is 10.9. The van der Waals surface area contributed by atoms with Gasteiger partial charge in [0.05, 0.1) is 12.8 Å². The molecule has 0 fully saturated rings. The van der Waals surface area contributed by atoms with E-state index in [0.29, 0.717) is 22.7 Å². The minimum Gasteiger partial charge on any atom is -0.495 e. The molecule has 0 atom stereocenters. The summed E-state index contributed by atoms with van der Waals surface area (Å²) >= 11 is 0. The zero-order chi connectivity index (χ0) is 13.8. The highest BCUT2D eigenvalue weighted by Gasteiger charge is 2.11. The zero-order valence-corrected chi connectivity index (χ0v) is 10.9. The van der Waals surface area contributed by atoms with Gasteiger partial charge in [-0.3, -0.25) is 4.79 Å². The number of amides is 1. The van der Waals surface area contributed by atoms with E-state index in [1.165, 1.54) is 0 Å². The maximum absolute atomic E-state index is 12.2. The number of nitrogens with one attached hydrogen (secondary N) is 1. The third kappa shape index (κ3) is 2.85. The van der Waals surface area contributed by atoms with Gasteiger partial charge in [-0.25, -0.2) is 0 Å². The number of ether oxygens (including phenoxy) is 1. The van der Waals surface area contributed by atoms with Gasteiger partial charge < -0.3 is 15.8 Å². The van der Waals surface area contributed by atoms with Crippen LogP contribution in [0.3, 0.4) is 0 Å². The Hall–Kier alpha value is -2.49. The Morgan fingerprint density at radius 1 is 1.21 bits per heavy atom. The molecule has 0 aliphatic carbocycles. The third-order valence-corrected chi connectivity index (χ3v) is 2.86. The largest absolute Gasteiger partial charge is 0.495 e. The normalized spacial score (nSPS) is 10.0. The van der Waals surface area contributed by atoms with Crippen LogP contribution in [0.2, 0.25) is 0 Å². The molecule has 2 aromatic carbocycles. The van der Waals surface area contributed by atoms with Crippen LogP contribution in [0.1, 0.15) is 15.9 Å². The monoisotopic (exact) mass is 256 g/mol. The fourth-order valence-corrected chi connectivity index (χ4v) is 1.82. The van der Waals surface area contributed by atoms with E-state index in [9.17, 15) is 4.79 Å². The van der Waals surface area contributed by atoms with Crippen molar-refractivity contribution in [2.45, 2.75) is 6.92 Å². The number of anilines is 2. The lowest BCUT2D eigenvalue weighted by molar-refractivity contribution is 0.102. The third-order valence-electron chi connectivity index (χ3n) is 2.86. The first-order valence-electron chi connectivity index (χ1n) is 5.92. The van der Waals surface area contributed by atoms with Crippen LogP contribution in [-0.2, 0) is 0 Å². The average molecular weight is 256 g/mol. The maximum atomic E-state index is 12.2. The van der Waals surface area contributed by atoms with Gasteiger partial charge in [-0.05, 0) is 36.8 Å². The SMILES string of the molecule is COc1ccccc1NC(=O)c1cc(N)ccc1C. The van der Waals surface area contributed by atoms with E-state index in [4.69, 9.17) is 10.5 Å². The van der Waals surface area contributed by atoms with Crippen molar-refractivity contribution in [1.82, 2.24) is 0 Å². The van der Waals surface area contributed by atoms with Gasteiger partial charge >= 0.3 is 0 Å². The Kier molecular flexibility index (Phi) is 3.71. The van der Waals surface area contributed by atoms with Gasteiger partial charge in [0, 0.05) is 11.3 Å². The first-order chi connectivity index (χ1) is 9.11. The fourth-order valence-electron chi connectivity index (χ4n) is 1.82. The molecule has 0 saturated carbocycles. The highest BCUT2D eigenvalue weighted by molar-refractivity contribution is 6.06. The van der Waals surface area contributed by atoms with Crippen LogP contribution in [0.25, 0.3) is 0 Å². The molecular weight excluding hydrogens is 240 g/mol. The summed E-state index contributed by atoms with van der Waals surface area (Å²) in [6, 6.07) is 12.5. The molecule has 19 heavy (non-hydrogen) atoms. The summed E-state index contributed by atoms with van der Waals surface area (Å²) in [5.74, 6) is 0.423. The van der Waals surface area contributed by atoms with Crippen molar-refractivity contribution >= 4 is 17.3 Å². The fraction of sp³-hybridized carbons (Fsp3) is 0.133. The van der Waals surface area contributed by atoms with Crippen LogP contribution in [0, 0.1) is 6.92 Å². The number of hydrogen-bond donors (Lipinski definition) is 2. The lowest BCUT2D eigenvalue weighted by Crippen LogP contribution is -2.14. The molecular formula is C15H16N2O2. The number of para-hydroxylation sites is 2. The van der Waals surface area contributed by atoms with E-state index < -0.39 is 0 Å². The van der Waals surface area contributed by atoms with Crippen molar-refractivity contribution in [3.8, 4) is 5.75 Å². The Labute approximate surface area is 112 Å². The molecule has 4 heteroatoms. The van der Waals surface area contributed by atoms with E-state index in [1.807, 2.05) is 25.1 Å². The molecule has 0 radical (unpaired) electrons. The van der Waals surface area contributed by atoms with Crippen molar-refractivity contribution in [2.24, 2.45) is 0 Å². The quantitative estimate of drug-likeness (QED) is 0.830. The van der Waals surface area contributed by atoms with Gasteiger partial charge in [-0.15, -0.1) is 0 Å². The first kappa shape index (κ1) is 13.0. The Balaban J connectivity index is 2.28. The van der Waals surface area contributed by atoms with Crippen LogP contribution in [-0.4, -0.2) is 13.0 Å². The summed E-state index contributed by atoms with van der Waals surface area (Å²) < 4.78 is 5.20. The standard InChI is InChI=1S/C15H16N2O2/c1-10-7-8-11(16)9-12(10)15(18)17-13-5-3-4-6-14(13)19-2/h3-9H,16H2,1-2H3,(H,17,18). The van der Waals surface area contributed by atoms with Gasteiger partial charge in [0.2, 0.25) is 0 Å². The van der Waals surface area contributed by atoms with Crippen molar-refractivity contribution in [3.63, 3.8) is 0 Å². The molecule has 2 aromatic rings. The van der Waals surface area contributed by atoms with Crippen molar-refractivity contribution < 1.29 is 9.53 Å². The number of methoxy groups -OCH3 is 1. The van der Waals surface area contributed by atoms with Gasteiger partial charge in [0.25, 0.3) is 5.91 Å². The first-order valence-corrected chi connectivity index (χ1v) is 5.92. The molecule has 0 heterocycles. The van der Waals surface area contributed by atoms with Gasteiger partial charge in [-0.2, -0.15) is 0 Å². The van der Waals surface area contributed by atoms with E-state index in [2.05, 4.69) is 5.32 Å². The molecule has 0 bridgehead atoms. The molecule has 2 rings (SSSR count). The number of carbonyl (C=O) groups is 1. The Bertz CT molecular complexity index is 609. The summed E-state index contributed by atoms with van der Waals surface area (Å²) in [4.78, 5) is 12.2. The molecule has 4 nitrogen and oxygen atoms in total. The van der Waals surface area contributed by atoms with Gasteiger partial charge in [0.15, 0.2) is 0 Å². The summed E-state index contributed by atoms with van der Waals surface area (Å²) in [6.45, 7) is 1.87. The van der Waals surface area contributed by atoms with Crippen LogP contribution < -0.4 is 15.8 Å². The van der Waals surface area contributed by atoms with Crippen molar-refractivity contribution in [1.29, 1.82) is 0 Å². The second kappa shape index (κ2) is 5.44. The molecule has 98 valence electrons. The number of nitrogen functional groups attached to an aromatic ring is 1. The predicted octanol–water partition coefficient (Wildman–Crippen LogP) is 2.84. The summed E-state index contributed by atoms with van der Waals surface area (Å²) in [5, 5.41) is 2.83. The smallest absolute Gasteiger partial charge is 0.256 e. The van der Waals surface area contributed by atoms with Gasteiger partial charge in [-0.1, -0.05) is 18.2 Å². The number of carbonyl (C=O) groups excluding carboxylic acids is 1. The van der Waals surface area contributed by atoms with Gasteiger partial charge in [0.1, 0.15) is 5.75 Å². The van der Waals surface area contributed by atoms with Crippen molar-refractivity contribution in [3.05, 3.63) is 53.6 Å². The molecule has 3 N–H and O–H groups in total. The minimum atomic E-state index is -0.200. The van der Waals surface area contributed by atoms with Crippen LogP contribution in [0.15, 0.2) is 42.5 Å². The van der Waals surface area contributed by atoms with E-state index in [0.717, 1.165) is 5.56 Å². The second-order valence-electron chi connectivity index (χ2n) is 4.23. The molecule has 0 aliphatic heterocycles. The number of benzene rings is 2. The second-order valence-corrected chi connectivity index (χ2v) is 4.23. The van der Waals surface area contributed by atoms with Crippen LogP contribution in [0.5, 0.6) is 5.75 Å². The van der Waals surface area contributed by atoms with Crippen molar-refractivity contribution in [2.75, 3.05) is 18.2 Å². The van der Waals surface area contributed by atoms with E-state index >= 15 is 0 Å². The highest BCUT2D eigenvalue weighted by Crippen LogP contribution is 2.24. The lowest BCUT2D eigenvalue weighted by atomic mass is 10.1. The number of aryl methyl sites for hydroxylation is 1. The number of hydrogen-bond acceptors (Lipinski definition) is 3. The molecule has 1 amide bonds. The van der Waals surface area contributed by atoms with E-state index in [-0.39, 0.29) is 5.91 Å². The summed E-state index contributed by atoms with van der Waals surface area (Å²) in [7, 11) is 1.57. The number of rotatable bonds is 3. The van der Waals surface area contributed by atoms with Crippen LogP contribution >= 0.6 is 0 Å². The lowest BCUT2D eigenvalue weighted by Gasteiger charge is -2.11. The van der Waals surface area contributed by atoms with E-state index in [1.54, 1.807) is 31.4 Å². The summed E-state index contributed by atoms with van der Waals surface area (Å²) in [5.41, 5.74) is 8.35. The Morgan fingerprint density at radius 3 is 2.68 bits per heavy atom. The average Bonchev–Trinajstić information content (AvgIpc) is 2.42. The van der Waals surface area contributed by atoms with Crippen LogP contribution in [0.4, 0.5) is 11.4 Å². The molecule has 0 spiro atoms. The molecule has 0 aliphatic rings. The molecule has 0 unspecified atom stereocenters. The predicted molar refractivity (Wildman–Crippen MR) is 76.5 cm³/mol. The molecule has 0 aromatic heterocycles. The minimum absolute atomic E-state index is 0.200. The molecule has 0 saturated heterocycles.